The Morgan fingerprint density at radius 2 is 2.15 bits per heavy atom. The van der Waals surface area contributed by atoms with Crippen molar-refractivity contribution in [2.75, 3.05) is 0 Å². The number of aromatic amines is 1. The standard InChI is InChI=1S/C16H17N3S/c1-11-4-3-5-14(12(11)2)15(16-8-17-10-18-16)6-13-7-19-20-9-13/h3-5,7-10,15H,6H2,1-2H3,(H,17,18). The molecule has 0 amide bonds. The fourth-order valence-corrected chi connectivity index (χ4v) is 3.11. The summed E-state index contributed by atoms with van der Waals surface area (Å²) in [7, 11) is 0. The molecule has 1 N–H and O–H groups in total. The molecule has 3 nitrogen and oxygen atoms in total. The van der Waals surface area contributed by atoms with Gasteiger partial charge in [0.05, 0.1) is 6.33 Å². The average Bonchev–Trinajstić information content (AvgIpc) is 3.11. The van der Waals surface area contributed by atoms with Crippen LogP contribution < -0.4 is 0 Å². The predicted molar refractivity (Wildman–Crippen MR) is 82.2 cm³/mol. The first-order chi connectivity index (χ1) is 9.75. The molecule has 0 radical (unpaired) electrons. The van der Waals surface area contributed by atoms with Gasteiger partial charge in [0.2, 0.25) is 0 Å². The van der Waals surface area contributed by atoms with Gasteiger partial charge in [0.25, 0.3) is 0 Å². The van der Waals surface area contributed by atoms with E-state index in [4.69, 9.17) is 0 Å². The molecule has 0 bridgehead atoms. The van der Waals surface area contributed by atoms with Gasteiger partial charge in [0.15, 0.2) is 0 Å². The van der Waals surface area contributed by atoms with E-state index >= 15 is 0 Å². The summed E-state index contributed by atoms with van der Waals surface area (Å²) >= 11 is 1.51. The van der Waals surface area contributed by atoms with E-state index in [1.165, 1.54) is 33.8 Å². The summed E-state index contributed by atoms with van der Waals surface area (Å²) in [5.41, 5.74) is 6.48. The van der Waals surface area contributed by atoms with Crippen LogP contribution in [0.1, 0.15) is 33.9 Å². The third-order valence-corrected chi connectivity index (χ3v) is 4.48. The average molecular weight is 283 g/mol. The van der Waals surface area contributed by atoms with Gasteiger partial charge in [-0.1, -0.05) is 18.2 Å². The van der Waals surface area contributed by atoms with E-state index in [0.29, 0.717) is 5.92 Å². The third-order valence-electron chi connectivity index (χ3n) is 3.84. The van der Waals surface area contributed by atoms with Crippen molar-refractivity contribution in [3.8, 4) is 0 Å². The summed E-state index contributed by atoms with van der Waals surface area (Å²) in [6.07, 6.45) is 6.58. The Labute approximate surface area is 122 Å². The molecule has 20 heavy (non-hydrogen) atoms. The van der Waals surface area contributed by atoms with Crippen LogP contribution in [0.25, 0.3) is 0 Å². The molecule has 0 spiro atoms. The summed E-state index contributed by atoms with van der Waals surface area (Å²) in [5.74, 6) is 0.300. The SMILES string of the molecule is Cc1cccc(C(Cc2cnsc2)c2cnc[nH]2)c1C. The van der Waals surface area contributed by atoms with E-state index in [2.05, 4.69) is 51.8 Å². The maximum Gasteiger partial charge on any atom is 0.0921 e. The molecular formula is C16H17N3S. The third kappa shape index (κ3) is 2.51. The maximum absolute atomic E-state index is 4.21. The molecule has 0 fully saturated rings. The van der Waals surface area contributed by atoms with Crippen molar-refractivity contribution in [2.45, 2.75) is 26.2 Å². The number of nitrogens with one attached hydrogen (secondary N) is 1. The molecule has 2 aromatic heterocycles. The molecule has 2 heterocycles. The van der Waals surface area contributed by atoms with E-state index < -0.39 is 0 Å². The summed E-state index contributed by atoms with van der Waals surface area (Å²) in [4.78, 5) is 7.45. The lowest BCUT2D eigenvalue weighted by Crippen LogP contribution is -2.07. The Morgan fingerprint density at radius 1 is 1.25 bits per heavy atom. The Morgan fingerprint density at radius 3 is 2.85 bits per heavy atom. The molecule has 0 aliphatic heterocycles. The summed E-state index contributed by atoms with van der Waals surface area (Å²) in [6.45, 7) is 4.36. The van der Waals surface area contributed by atoms with Crippen molar-refractivity contribution in [1.29, 1.82) is 0 Å². The Bertz CT molecular complexity index is 672. The first kappa shape index (κ1) is 13.1. The topological polar surface area (TPSA) is 41.6 Å². The fraction of sp³-hybridized carbons (Fsp3) is 0.250. The van der Waals surface area contributed by atoms with Crippen molar-refractivity contribution in [3.05, 3.63) is 70.2 Å². The number of hydrogen-bond acceptors (Lipinski definition) is 3. The quantitative estimate of drug-likeness (QED) is 0.790. The largest absolute Gasteiger partial charge is 0.348 e. The number of rotatable bonds is 4. The Balaban J connectivity index is 2.03. The van der Waals surface area contributed by atoms with Gasteiger partial charge < -0.3 is 4.98 Å². The van der Waals surface area contributed by atoms with Gasteiger partial charge in [-0.3, -0.25) is 0 Å². The highest BCUT2D eigenvalue weighted by Crippen LogP contribution is 2.30. The van der Waals surface area contributed by atoms with E-state index in [0.717, 1.165) is 12.1 Å². The smallest absolute Gasteiger partial charge is 0.0921 e. The van der Waals surface area contributed by atoms with Crippen LogP contribution in [0.5, 0.6) is 0 Å². The first-order valence-corrected chi connectivity index (χ1v) is 7.52. The van der Waals surface area contributed by atoms with Crippen LogP contribution >= 0.6 is 11.5 Å². The van der Waals surface area contributed by atoms with Gasteiger partial charge in [-0.25, -0.2) is 9.36 Å². The van der Waals surface area contributed by atoms with Gasteiger partial charge >= 0.3 is 0 Å². The van der Waals surface area contributed by atoms with Crippen LogP contribution in [0.3, 0.4) is 0 Å². The van der Waals surface area contributed by atoms with Crippen molar-refractivity contribution >= 4 is 11.5 Å². The molecule has 102 valence electrons. The molecule has 1 atom stereocenters. The van der Waals surface area contributed by atoms with Gasteiger partial charge in [-0.15, -0.1) is 0 Å². The zero-order valence-electron chi connectivity index (χ0n) is 11.6. The minimum Gasteiger partial charge on any atom is -0.348 e. The molecule has 1 unspecified atom stereocenters. The van der Waals surface area contributed by atoms with Crippen LogP contribution in [-0.2, 0) is 6.42 Å². The molecule has 3 aromatic rings. The van der Waals surface area contributed by atoms with Crippen molar-refractivity contribution in [3.63, 3.8) is 0 Å². The van der Waals surface area contributed by atoms with Crippen LogP contribution in [0.2, 0.25) is 0 Å². The Hall–Kier alpha value is -1.94. The molecule has 4 heteroatoms. The Kier molecular flexibility index (Phi) is 3.65. The molecule has 0 aliphatic rings. The van der Waals surface area contributed by atoms with E-state index in [9.17, 15) is 0 Å². The van der Waals surface area contributed by atoms with Crippen LogP contribution in [0, 0.1) is 13.8 Å². The highest BCUT2D eigenvalue weighted by atomic mass is 32.1. The minimum absolute atomic E-state index is 0.300. The van der Waals surface area contributed by atoms with Crippen LogP contribution in [0.15, 0.2) is 42.3 Å². The second-order valence-corrected chi connectivity index (χ2v) is 5.74. The molecule has 1 aromatic carbocycles. The predicted octanol–water partition coefficient (Wildman–Crippen LogP) is 3.86. The fourth-order valence-electron chi connectivity index (χ4n) is 2.56. The summed E-state index contributed by atoms with van der Waals surface area (Å²) in [5, 5.41) is 2.12. The molecule has 0 aliphatic carbocycles. The number of H-pyrrole nitrogens is 1. The monoisotopic (exact) mass is 283 g/mol. The first-order valence-electron chi connectivity index (χ1n) is 6.68. The highest BCUT2D eigenvalue weighted by Gasteiger charge is 2.19. The number of hydrogen-bond donors (Lipinski definition) is 1. The maximum atomic E-state index is 4.21. The number of nitrogens with zero attached hydrogens (tertiary/aromatic N) is 2. The second kappa shape index (κ2) is 5.59. The second-order valence-electron chi connectivity index (χ2n) is 5.09. The summed E-state index contributed by atoms with van der Waals surface area (Å²) in [6, 6.07) is 6.51. The van der Waals surface area contributed by atoms with Crippen molar-refractivity contribution < 1.29 is 0 Å². The van der Waals surface area contributed by atoms with Gasteiger partial charge in [0, 0.05) is 29.4 Å². The lowest BCUT2D eigenvalue weighted by Gasteiger charge is -2.19. The number of aryl methyl sites for hydroxylation is 1. The van der Waals surface area contributed by atoms with Crippen LogP contribution in [0.4, 0.5) is 0 Å². The minimum atomic E-state index is 0.300. The zero-order valence-corrected chi connectivity index (χ0v) is 12.4. The van der Waals surface area contributed by atoms with E-state index in [1.807, 2.05) is 12.4 Å². The number of imidazole rings is 1. The van der Waals surface area contributed by atoms with E-state index in [1.54, 1.807) is 6.33 Å². The molecule has 0 saturated heterocycles. The van der Waals surface area contributed by atoms with Gasteiger partial charge in [-0.05, 0) is 54.1 Å². The zero-order chi connectivity index (χ0) is 13.9. The van der Waals surface area contributed by atoms with Crippen molar-refractivity contribution in [1.82, 2.24) is 14.3 Å². The number of benzene rings is 1. The van der Waals surface area contributed by atoms with Gasteiger partial charge in [-0.2, -0.15) is 0 Å². The highest BCUT2D eigenvalue weighted by molar-refractivity contribution is 7.03. The lowest BCUT2D eigenvalue weighted by molar-refractivity contribution is 0.773. The molecule has 3 rings (SSSR count). The van der Waals surface area contributed by atoms with Crippen molar-refractivity contribution in [2.24, 2.45) is 0 Å². The lowest BCUT2D eigenvalue weighted by atomic mass is 9.86. The number of aromatic nitrogens is 3. The summed E-state index contributed by atoms with van der Waals surface area (Å²) < 4.78 is 4.21. The molecule has 0 saturated carbocycles. The normalized spacial score (nSPS) is 12.5. The van der Waals surface area contributed by atoms with E-state index in [-0.39, 0.29) is 0 Å². The molecular weight excluding hydrogens is 266 g/mol. The van der Waals surface area contributed by atoms with Crippen LogP contribution in [-0.4, -0.2) is 14.3 Å². The van der Waals surface area contributed by atoms with Gasteiger partial charge in [0.1, 0.15) is 0 Å².